The molecule has 5 nitrogen and oxygen atoms in total. The Morgan fingerprint density at radius 1 is 1.76 bits per heavy atom. The average molecular weight is 255 g/mol. The van der Waals surface area contributed by atoms with E-state index in [2.05, 4.69) is 11.9 Å². The van der Waals surface area contributed by atoms with E-state index in [9.17, 15) is 4.79 Å². The van der Waals surface area contributed by atoms with Crippen molar-refractivity contribution in [1.82, 2.24) is 9.88 Å². The van der Waals surface area contributed by atoms with Gasteiger partial charge >= 0.3 is 0 Å². The van der Waals surface area contributed by atoms with Gasteiger partial charge in [0.15, 0.2) is 0 Å². The molecule has 0 unspecified atom stereocenters. The number of aromatic nitrogens is 1. The molecule has 2 N–H and O–H groups in total. The maximum Gasteiger partial charge on any atom is 0.273 e. The maximum absolute atomic E-state index is 12.3. The number of nitrogens with two attached hydrogens (primary N) is 1. The molecule has 1 aromatic rings. The summed E-state index contributed by atoms with van der Waals surface area (Å²) < 4.78 is 5.38. The Balaban J connectivity index is 2.12. The van der Waals surface area contributed by atoms with Crippen LogP contribution >= 0.6 is 11.3 Å². The van der Waals surface area contributed by atoms with E-state index in [4.69, 9.17) is 10.5 Å². The van der Waals surface area contributed by atoms with Crippen molar-refractivity contribution in [2.75, 3.05) is 19.8 Å². The van der Waals surface area contributed by atoms with Crippen LogP contribution in [0, 0.1) is 0 Å². The van der Waals surface area contributed by atoms with E-state index in [1.165, 1.54) is 11.3 Å². The Labute approximate surface area is 105 Å². The monoisotopic (exact) mass is 255 g/mol. The zero-order valence-electron chi connectivity index (χ0n) is 9.89. The van der Waals surface area contributed by atoms with Crippen molar-refractivity contribution < 1.29 is 9.53 Å². The third-order valence-corrected chi connectivity index (χ3v) is 3.78. The molecule has 94 valence electrons. The van der Waals surface area contributed by atoms with Gasteiger partial charge in [0.05, 0.1) is 19.3 Å². The number of rotatable bonds is 3. The molecule has 0 saturated carbocycles. The lowest BCUT2D eigenvalue weighted by atomic mass is 10.1. The molecule has 0 spiro atoms. The van der Waals surface area contributed by atoms with Crippen LogP contribution in [0.1, 0.15) is 28.8 Å². The molecule has 17 heavy (non-hydrogen) atoms. The van der Waals surface area contributed by atoms with Gasteiger partial charge in [0.1, 0.15) is 10.7 Å². The van der Waals surface area contributed by atoms with Gasteiger partial charge in [0.2, 0.25) is 0 Å². The lowest BCUT2D eigenvalue weighted by molar-refractivity contribution is -0.00307. The van der Waals surface area contributed by atoms with Crippen molar-refractivity contribution in [3.8, 4) is 0 Å². The number of carbonyl (C=O) groups is 1. The van der Waals surface area contributed by atoms with Crippen LogP contribution < -0.4 is 5.73 Å². The zero-order valence-corrected chi connectivity index (χ0v) is 10.7. The molecule has 2 rings (SSSR count). The summed E-state index contributed by atoms with van der Waals surface area (Å²) in [5.74, 6) is -0.00361. The summed E-state index contributed by atoms with van der Waals surface area (Å²) in [6.45, 7) is 4.32. The van der Waals surface area contributed by atoms with Crippen LogP contribution in [0.4, 0.5) is 0 Å². The van der Waals surface area contributed by atoms with E-state index >= 15 is 0 Å². The van der Waals surface area contributed by atoms with E-state index in [1.54, 1.807) is 5.38 Å². The van der Waals surface area contributed by atoms with Crippen LogP contribution in [0.25, 0.3) is 0 Å². The molecule has 0 aliphatic carbocycles. The smallest absolute Gasteiger partial charge is 0.273 e. The highest BCUT2D eigenvalue weighted by Crippen LogP contribution is 2.16. The summed E-state index contributed by atoms with van der Waals surface area (Å²) in [5.41, 5.74) is 6.01. The van der Waals surface area contributed by atoms with E-state index in [-0.39, 0.29) is 11.9 Å². The summed E-state index contributed by atoms with van der Waals surface area (Å²) >= 11 is 1.44. The minimum atomic E-state index is -0.00361. The Kier molecular flexibility index (Phi) is 4.09. The molecular formula is C11H17N3O2S. The number of hydrogen-bond acceptors (Lipinski definition) is 5. The van der Waals surface area contributed by atoms with Crippen molar-refractivity contribution in [2.45, 2.75) is 25.9 Å². The van der Waals surface area contributed by atoms with Gasteiger partial charge in [-0.25, -0.2) is 4.98 Å². The number of thiazole rings is 1. The first-order chi connectivity index (χ1) is 8.26. The van der Waals surface area contributed by atoms with Crippen LogP contribution in [-0.2, 0) is 11.3 Å². The molecule has 1 fully saturated rings. The number of hydrogen-bond donors (Lipinski definition) is 1. The molecule has 1 aliphatic heterocycles. The Morgan fingerprint density at radius 3 is 3.24 bits per heavy atom. The average Bonchev–Trinajstić information content (AvgIpc) is 2.86. The minimum absolute atomic E-state index is 0.00361. The summed E-state index contributed by atoms with van der Waals surface area (Å²) in [7, 11) is 0. The molecule has 1 saturated heterocycles. The Morgan fingerprint density at radius 2 is 2.59 bits per heavy atom. The van der Waals surface area contributed by atoms with Gasteiger partial charge in [0.25, 0.3) is 5.91 Å². The number of morpholine rings is 1. The first kappa shape index (κ1) is 12.5. The summed E-state index contributed by atoms with van der Waals surface area (Å²) in [5, 5.41) is 2.59. The highest BCUT2D eigenvalue weighted by molar-refractivity contribution is 7.09. The van der Waals surface area contributed by atoms with Crippen LogP contribution in [0.3, 0.4) is 0 Å². The molecule has 2 heterocycles. The fraction of sp³-hybridized carbons (Fsp3) is 0.636. The van der Waals surface area contributed by atoms with Gasteiger partial charge in [-0.2, -0.15) is 0 Å². The van der Waals surface area contributed by atoms with Crippen molar-refractivity contribution in [3.63, 3.8) is 0 Å². The molecule has 6 heteroatoms. The predicted molar refractivity (Wildman–Crippen MR) is 65.9 cm³/mol. The number of ether oxygens (including phenoxy) is 1. The Bertz CT molecular complexity index is 394. The standard InChI is InChI=1S/C11H17N3O2S/c1-2-8-6-16-4-3-14(8)11(15)9-7-17-10(5-12)13-9/h7-8H,2-6,12H2,1H3/t8-/m1/s1. The number of amides is 1. The predicted octanol–water partition coefficient (Wildman–Crippen LogP) is 0.853. The number of carbonyl (C=O) groups excluding carboxylic acids is 1. The molecular weight excluding hydrogens is 238 g/mol. The van der Waals surface area contributed by atoms with Crippen LogP contribution in [-0.4, -0.2) is 41.6 Å². The lowest BCUT2D eigenvalue weighted by Crippen LogP contribution is -2.48. The summed E-state index contributed by atoms with van der Waals surface area (Å²) in [6, 6.07) is 0.166. The molecule has 0 bridgehead atoms. The molecule has 1 amide bonds. The SMILES string of the molecule is CC[C@@H]1COCCN1C(=O)c1csc(CN)n1. The second-order valence-electron chi connectivity index (χ2n) is 3.97. The van der Waals surface area contributed by atoms with Gasteiger partial charge in [-0.1, -0.05) is 6.92 Å². The zero-order chi connectivity index (χ0) is 12.3. The third-order valence-electron chi connectivity index (χ3n) is 2.91. The van der Waals surface area contributed by atoms with Crippen molar-refractivity contribution in [1.29, 1.82) is 0 Å². The fourth-order valence-electron chi connectivity index (χ4n) is 1.91. The van der Waals surface area contributed by atoms with Gasteiger partial charge in [-0.05, 0) is 6.42 Å². The largest absolute Gasteiger partial charge is 0.377 e. The topological polar surface area (TPSA) is 68.5 Å². The second kappa shape index (κ2) is 5.57. The number of nitrogens with zero attached hydrogens (tertiary/aromatic N) is 2. The molecule has 1 atom stereocenters. The lowest BCUT2D eigenvalue weighted by Gasteiger charge is -2.34. The van der Waals surface area contributed by atoms with E-state index in [1.807, 2.05) is 4.90 Å². The van der Waals surface area contributed by atoms with Crippen molar-refractivity contribution >= 4 is 17.2 Å². The molecule has 0 aromatic carbocycles. The molecule has 0 radical (unpaired) electrons. The fourth-order valence-corrected chi connectivity index (χ4v) is 2.56. The highest BCUT2D eigenvalue weighted by atomic mass is 32.1. The third kappa shape index (κ3) is 2.65. The van der Waals surface area contributed by atoms with Crippen molar-refractivity contribution in [2.24, 2.45) is 5.73 Å². The summed E-state index contributed by atoms with van der Waals surface area (Å²) in [4.78, 5) is 18.4. The highest BCUT2D eigenvalue weighted by Gasteiger charge is 2.27. The Hall–Kier alpha value is -0.980. The summed E-state index contributed by atoms with van der Waals surface area (Å²) in [6.07, 6.45) is 0.902. The van der Waals surface area contributed by atoms with Crippen LogP contribution in [0.5, 0.6) is 0 Å². The van der Waals surface area contributed by atoms with Gasteiger partial charge in [0, 0.05) is 18.5 Å². The first-order valence-corrected chi connectivity index (χ1v) is 6.67. The second-order valence-corrected chi connectivity index (χ2v) is 4.91. The van der Waals surface area contributed by atoms with Gasteiger partial charge in [-0.15, -0.1) is 11.3 Å². The van der Waals surface area contributed by atoms with E-state index < -0.39 is 0 Å². The minimum Gasteiger partial charge on any atom is -0.377 e. The van der Waals surface area contributed by atoms with E-state index in [0.29, 0.717) is 32.0 Å². The molecule has 1 aliphatic rings. The molecule has 1 aromatic heterocycles. The van der Waals surface area contributed by atoms with Crippen LogP contribution in [0.15, 0.2) is 5.38 Å². The normalized spacial score (nSPS) is 20.6. The maximum atomic E-state index is 12.3. The first-order valence-electron chi connectivity index (χ1n) is 5.79. The van der Waals surface area contributed by atoms with Gasteiger partial charge < -0.3 is 15.4 Å². The van der Waals surface area contributed by atoms with Crippen molar-refractivity contribution in [3.05, 3.63) is 16.1 Å². The quantitative estimate of drug-likeness (QED) is 0.869. The van der Waals surface area contributed by atoms with Crippen LogP contribution in [0.2, 0.25) is 0 Å². The van der Waals surface area contributed by atoms with E-state index in [0.717, 1.165) is 11.4 Å². The van der Waals surface area contributed by atoms with Gasteiger partial charge in [-0.3, -0.25) is 4.79 Å².